The summed E-state index contributed by atoms with van der Waals surface area (Å²) in [6.07, 6.45) is -4.40. The molecule has 0 atom stereocenters. The molecule has 0 aromatic heterocycles. The third kappa shape index (κ3) is 5.63. The Labute approximate surface area is 327 Å². The van der Waals surface area contributed by atoms with E-state index in [0.29, 0.717) is 5.69 Å². The Bertz CT molecular complexity index is 2620. The fourth-order valence-electron chi connectivity index (χ4n) is 9.07. The number of para-hydroxylation sites is 2. The number of rotatable bonds is 6. The Morgan fingerprint density at radius 2 is 0.857 bits per heavy atom. The van der Waals surface area contributed by atoms with Crippen LogP contribution in [0, 0.1) is 13.8 Å². The van der Waals surface area contributed by atoms with Crippen molar-refractivity contribution in [3.63, 3.8) is 0 Å². The number of nitrogens with zero attached hydrogens (tertiary/aromatic N) is 2. The van der Waals surface area contributed by atoms with Gasteiger partial charge in [-0.15, -0.1) is 0 Å². The predicted octanol–water partition coefficient (Wildman–Crippen LogP) is 14.9. The molecule has 0 spiro atoms. The molecule has 7 aromatic carbocycles. The van der Waals surface area contributed by atoms with Gasteiger partial charge in [-0.25, -0.2) is 0 Å². The quantitative estimate of drug-likeness (QED) is 0.168. The summed E-state index contributed by atoms with van der Waals surface area (Å²) < 4.78 is 40.6. The Kier molecular flexibility index (Phi) is 8.10. The molecule has 0 saturated carbocycles. The van der Waals surface area contributed by atoms with Crippen LogP contribution in [0.1, 0.15) is 66.6 Å². The van der Waals surface area contributed by atoms with E-state index in [1.165, 1.54) is 55.6 Å². The molecule has 0 unspecified atom stereocenters. The second-order valence-corrected chi connectivity index (χ2v) is 16.3. The maximum absolute atomic E-state index is 13.5. The van der Waals surface area contributed by atoms with Gasteiger partial charge in [0.15, 0.2) is 0 Å². The molecule has 0 bridgehead atoms. The van der Waals surface area contributed by atoms with Crippen LogP contribution in [0.4, 0.5) is 47.3 Å². The van der Waals surface area contributed by atoms with Crippen LogP contribution in [0.2, 0.25) is 0 Å². The summed E-state index contributed by atoms with van der Waals surface area (Å²) in [5.74, 6) is 0. The first-order valence-electron chi connectivity index (χ1n) is 19.2. The van der Waals surface area contributed by atoms with E-state index in [1.54, 1.807) is 12.1 Å². The Morgan fingerprint density at radius 1 is 0.411 bits per heavy atom. The van der Waals surface area contributed by atoms with Crippen molar-refractivity contribution in [2.45, 2.75) is 58.5 Å². The van der Waals surface area contributed by atoms with Gasteiger partial charge in [-0.05, 0) is 161 Å². The van der Waals surface area contributed by atoms with E-state index in [1.807, 2.05) is 35.2 Å². The first-order chi connectivity index (χ1) is 26.7. The number of benzene rings is 7. The Hall–Kier alpha value is -6.07. The molecule has 0 radical (unpaired) electrons. The number of hydrogen-bond acceptors (Lipinski definition) is 2. The van der Waals surface area contributed by atoms with Crippen LogP contribution >= 0.6 is 0 Å². The van der Waals surface area contributed by atoms with Gasteiger partial charge in [-0.3, -0.25) is 0 Å². The van der Waals surface area contributed by atoms with Crippen molar-refractivity contribution in [1.29, 1.82) is 0 Å². The summed E-state index contributed by atoms with van der Waals surface area (Å²) in [5, 5.41) is 0. The van der Waals surface area contributed by atoms with Gasteiger partial charge in [0.1, 0.15) is 0 Å². The standard InChI is InChI=1S/C51H43F3N2/c1-32-17-21-37(22-18-32)56(36-15-11-8-12-16-36)40-27-33(2)48-43-31-45-42(30-46(43)50(5,6)47(48)29-40)41-26-25-39(28-44(41)49(45,3)4)55(35-13-9-7-10-14-35)38-23-19-34(20-24-38)51(52,53)54/h7-31H,1-6H3. The molecule has 5 heteroatoms. The van der Waals surface area contributed by atoms with Gasteiger partial charge in [-0.1, -0.05) is 87.9 Å². The minimum absolute atomic E-state index is 0.254. The summed E-state index contributed by atoms with van der Waals surface area (Å²) in [6, 6.07) is 50.7. The molecular weight excluding hydrogens is 698 g/mol. The third-order valence-electron chi connectivity index (χ3n) is 12.0. The number of halogens is 3. The molecule has 56 heavy (non-hydrogen) atoms. The van der Waals surface area contributed by atoms with Crippen molar-refractivity contribution >= 4 is 34.1 Å². The molecule has 0 heterocycles. The van der Waals surface area contributed by atoms with E-state index < -0.39 is 11.7 Å². The highest BCUT2D eigenvalue weighted by atomic mass is 19.4. The average molecular weight is 741 g/mol. The highest BCUT2D eigenvalue weighted by Crippen LogP contribution is 2.58. The normalized spacial score (nSPS) is 14.4. The van der Waals surface area contributed by atoms with Gasteiger partial charge in [0.25, 0.3) is 0 Å². The van der Waals surface area contributed by atoms with E-state index in [2.05, 4.69) is 144 Å². The van der Waals surface area contributed by atoms with E-state index >= 15 is 0 Å². The fraction of sp³-hybridized carbons (Fsp3) is 0.176. The van der Waals surface area contributed by atoms with Crippen LogP contribution < -0.4 is 9.80 Å². The zero-order chi connectivity index (χ0) is 39.1. The summed E-state index contributed by atoms with van der Waals surface area (Å²) in [7, 11) is 0. The van der Waals surface area contributed by atoms with Crippen molar-refractivity contribution in [2.24, 2.45) is 0 Å². The Morgan fingerprint density at radius 3 is 1.45 bits per heavy atom. The summed E-state index contributed by atoms with van der Waals surface area (Å²) in [5.41, 5.74) is 17.2. The molecule has 0 saturated heterocycles. The van der Waals surface area contributed by atoms with Crippen LogP contribution in [-0.4, -0.2) is 0 Å². The topological polar surface area (TPSA) is 6.48 Å². The maximum Gasteiger partial charge on any atom is 0.416 e. The number of aryl methyl sites for hydroxylation is 2. The number of fused-ring (bicyclic) bond motifs is 6. The lowest BCUT2D eigenvalue weighted by atomic mass is 9.79. The lowest BCUT2D eigenvalue weighted by Crippen LogP contribution is -2.18. The zero-order valence-corrected chi connectivity index (χ0v) is 32.5. The Balaban J connectivity index is 1.15. The molecule has 2 aliphatic carbocycles. The van der Waals surface area contributed by atoms with Crippen molar-refractivity contribution in [3.05, 3.63) is 191 Å². The van der Waals surface area contributed by atoms with Crippen molar-refractivity contribution in [1.82, 2.24) is 0 Å². The zero-order valence-electron chi connectivity index (χ0n) is 32.5. The SMILES string of the molecule is Cc1ccc(N(c2ccccc2)c2cc(C)c3c(c2)C(C)(C)c2cc4c(cc2-3)C(C)(C)c2cc(N(c3ccccc3)c3ccc(C(F)(F)F)cc3)ccc2-4)cc1. The third-order valence-corrected chi connectivity index (χ3v) is 12.0. The molecule has 0 aliphatic heterocycles. The van der Waals surface area contributed by atoms with Crippen LogP contribution in [-0.2, 0) is 17.0 Å². The molecule has 9 rings (SSSR count). The fourth-order valence-corrected chi connectivity index (χ4v) is 9.07. The smallest absolute Gasteiger partial charge is 0.310 e. The molecule has 2 aliphatic rings. The van der Waals surface area contributed by atoms with E-state index in [-0.39, 0.29) is 10.8 Å². The van der Waals surface area contributed by atoms with Gasteiger partial charge in [0.2, 0.25) is 0 Å². The number of anilines is 6. The van der Waals surface area contributed by atoms with Crippen LogP contribution in [0.3, 0.4) is 0 Å². The van der Waals surface area contributed by atoms with E-state index in [9.17, 15) is 13.2 Å². The molecule has 7 aromatic rings. The second-order valence-electron chi connectivity index (χ2n) is 16.3. The summed E-state index contributed by atoms with van der Waals surface area (Å²) in [6.45, 7) is 13.6. The lowest BCUT2D eigenvalue weighted by Gasteiger charge is -2.29. The predicted molar refractivity (Wildman–Crippen MR) is 225 cm³/mol. The van der Waals surface area contributed by atoms with Crippen molar-refractivity contribution < 1.29 is 13.2 Å². The molecule has 278 valence electrons. The van der Waals surface area contributed by atoms with Crippen LogP contribution in [0.5, 0.6) is 0 Å². The number of hydrogen-bond donors (Lipinski definition) is 0. The van der Waals surface area contributed by atoms with Gasteiger partial charge < -0.3 is 9.80 Å². The minimum Gasteiger partial charge on any atom is -0.310 e. The number of alkyl halides is 3. The summed E-state index contributed by atoms with van der Waals surface area (Å²) >= 11 is 0. The maximum atomic E-state index is 13.5. The minimum atomic E-state index is -4.40. The van der Waals surface area contributed by atoms with Gasteiger partial charge in [-0.2, -0.15) is 13.2 Å². The van der Waals surface area contributed by atoms with Gasteiger partial charge in [0, 0.05) is 45.0 Å². The largest absolute Gasteiger partial charge is 0.416 e. The van der Waals surface area contributed by atoms with E-state index in [0.717, 1.165) is 40.6 Å². The molecule has 0 fully saturated rings. The van der Waals surface area contributed by atoms with Crippen LogP contribution in [0.25, 0.3) is 22.3 Å². The van der Waals surface area contributed by atoms with Crippen molar-refractivity contribution in [2.75, 3.05) is 9.80 Å². The molecular formula is C51H43F3N2. The van der Waals surface area contributed by atoms with Gasteiger partial charge >= 0.3 is 6.18 Å². The average Bonchev–Trinajstić information content (AvgIpc) is 3.54. The monoisotopic (exact) mass is 740 g/mol. The molecule has 2 nitrogen and oxygen atoms in total. The van der Waals surface area contributed by atoms with E-state index in [4.69, 9.17) is 0 Å². The highest BCUT2D eigenvalue weighted by Gasteiger charge is 2.43. The first-order valence-corrected chi connectivity index (χ1v) is 19.2. The summed E-state index contributed by atoms with van der Waals surface area (Å²) in [4.78, 5) is 4.39. The molecule has 0 N–H and O–H groups in total. The van der Waals surface area contributed by atoms with Crippen LogP contribution in [0.15, 0.2) is 152 Å². The van der Waals surface area contributed by atoms with Crippen molar-refractivity contribution in [3.8, 4) is 22.3 Å². The lowest BCUT2D eigenvalue weighted by molar-refractivity contribution is -0.137. The van der Waals surface area contributed by atoms with Gasteiger partial charge in [0.05, 0.1) is 5.56 Å². The second kappa shape index (κ2) is 12.7. The first kappa shape index (κ1) is 35.6. The highest BCUT2D eigenvalue weighted by molar-refractivity contribution is 5.93. The molecule has 0 amide bonds.